The topological polar surface area (TPSA) is 0 Å². The van der Waals surface area contributed by atoms with Gasteiger partial charge in [0.2, 0.25) is 0 Å². The van der Waals surface area contributed by atoms with Gasteiger partial charge >= 0.3 is 0 Å². The fourth-order valence-electron chi connectivity index (χ4n) is 1.87. The van der Waals surface area contributed by atoms with Gasteiger partial charge < -0.3 is 0 Å². The minimum absolute atomic E-state index is 0.422. The Morgan fingerprint density at radius 2 is 0.789 bits per heavy atom. The third-order valence-electron chi connectivity index (χ3n) is 3.15. The molecule has 0 spiro atoms. The summed E-state index contributed by atoms with van der Waals surface area (Å²) in [5.74, 6) is 0. The number of hydrogen-bond acceptors (Lipinski definition) is 0. The maximum atomic E-state index is 2.31. The van der Waals surface area contributed by atoms with Gasteiger partial charge in [0.1, 0.15) is 0 Å². The molecule has 1 rings (SSSR count). The number of rotatable bonds is 9. The van der Waals surface area contributed by atoms with E-state index < -0.39 is 0 Å². The van der Waals surface area contributed by atoms with Gasteiger partial charge in [-0.05, 0) is 37.7 Å². The van der Waals surface area contributed by atoms with Crippen molar-refractivity contribution in [1.29, 1.82) is 0 Å². The Bertz CT molecular complexity index is 199. The van der Waals surface area contributed by atoms with E-state index in [0.29, 0.717) is 7.92 Å². The second-order valence-corrected chi connectivity index (χ2v) is 7.74. The summed E-state index contributed by atoms with van der Waals surface area (Å²) in [6.07, 6.45) is 13.2. The van der Waals surface area contributed by atoms with E-state index in [1.807, 2.05) is 36.4 Å². The predicted molar refractivity (Wildman–Crippen MR) is 92.7 cm³/mol. The van der Waals surface area contributed by atoms with E-state index >= 15 is 0 Å². The summed E-state index contributed by atoms with van der Waals surface area (Å²) in [5.41, 5.74) is 0. The van der Waals surface area contributed by atoms with Crippen molar-refractivity contribution in [2.75, 3.05) is 18.5 Å². The average Bonchev–Trinajstić information content (AvgIpc) is 2.49. The molecule has 0 saturated heterocycles. The minimum Gasteiger partial charge on any atom is -0.107 e. The Hall–Kier alpha value is -0.350. The molecule has 0 radical (unpaired) electrons. The van der Waals surface area contributed by atoms with Crippen LogP contribution in [0.5, 0.6) is 0 Å². The lowest BCUT2D eigenvalue weighted by molar-refractivity contribution is 0.847. The molecule has 0 aromatic heterocycles. The molecule has 0 nitrogen and oxygen atoms in total. The first kappa shape index (κ1) is 18.7. The number of unbranched alkanes of at least 4 members (excludes halogenated alkanes) is 3. The van der Waals surface area contributed by atoms with E-state index in [4.69, 9.17) is 0 Å². The monoisotopic (exact) mass is 280 g/mol. The smallest absolute Gasteiger partial charge is 0.0326 e. The lowest BCUT2D eigenvalue weighted by Gasteiger charge is -2.16. The van der Waals surface area contributed by atoms with Gasteiger partial charge in [0, 0.05) is 0 Å². The van der Waals surface area contributed by atoms with Crippen molar-refractivity contribution in [2.45, 2.75) is 59.3 Å². The second-order valence-electron chi connectivity index (χ2n) is 5.06. The molecule has 0 bridgehead atoms. The molecule has 1 aromatic carbocycles. The summed E-state index contributed by atoms with van der Waals surface area (Å²) in [7, 11) is 0.422. The van der Waals surface area contributed by atoms with E-state index in [1.54, 1.807) is 18.5 Å². The lowest BCUT2D eigenvalue weighted by Crippen LogP contribution is -1.95. The molecule has 0 unspecified atom stereocenters. The van der Waals surface area contributed by atoms with Crippen LogP contribution < -0.4 is 0 Å². The van der Waals surface area contributed by atoms with Crippen molar-refractivity contribution in [1.82, 2.24) is 0 Å². The third-order valence-corrected chi connectivity index (χ3v) is 6.00. The summed E-state index contributed by atoms with van der Waals surface area (Å²) in [6.45, 7) is 6.94. The molecule has 0 atom stereocenters. The Kier molecular flexibility index (Phi) is 15.4. The highest BCUT2D eigenvalue weighted by Crippen LogP contribution is 2.38. The van der Waals surface area contributed by atoms with Crippen molar-refractivity contribution in [3.8, 4) is 0 Å². The SMILES string of the molecule is CCCCP(CCCC)CCCC.c1ccccc1. The van der Waals surface area contributed by atoms with Gasteiger partial charge in [-0.15, -0.1) is 7.92 Å². The highest BCUT2D eigenvalue weighted by molar-refractivity contribution is 7.57. The molecule has 0 saturated carbocycles. The van der Waals surface area contributed by atoms with Gasteiger partial charge in [-0.25, -0.2) is 0 Å². The highest BCUT2D eigenvalue weighted by atomic mass is 31.1. The molecular formula is C18H33P. The standard InChI is InChI=1S/C12H27P.C6H6/c1-4-7-10-13(11-8-5-2)12-9-6-3;1-2-4-6-5-3-1/h4-12H2,1-3H3;1-6H. The zero-order valence-electron chi connectivity index (χ0n) is 13.3. The molecule has 0 heterocycles. The van der Waals surface area contributed by atoms with E-state index in [9.17, 15) is 0 Å². The molecule has 19 heavy (non-hydrogen) atoms. The maximum absolute atomic E-state index is 2.31. The predicted octanol–water partition coefficient (Wildman–Crippen LogP) is 6.56. The van der Waals surface area contributed by atoms with Crippen molar-refractivity contribution in [3.63, 3.8) is 0 Å². The zero-order valence-corrected chi connectivity index (χ0v) is 14.2. The summed E-state index contributed by atoms with van der Waals surface area (Å²) in [6, 6.07) is 12.0. The first-order valence-electron chi connectivity index (χ1n) is 8.07. The molecule has 0 aliphatic rings. The zero-order chi connectivity index (χ0) is 14.2. The summed E-state index contributed by atoms with van der Waals surface area (Å²) in [4.78, 5) is 0. The Balaban J connectivity index is 0.000000443. The molecule has 0 aliphatic heterocycles. The van der Waals surface area contributed by atoms with Crippen molar-refractivity contribution in [2.24, 2.45) is 0 Å². The molecule has 0 aliphatic carbocycles. The lowest BCUT2D eigenvalue weighted by atomic mass is 10.4. The average molecular weight is 280 g/mol. The quantitative estimate of drug-likeness (QED) is 0.450. The Morgan fingerprint density at radius 1 is 0.526 bits per heavy atom. The van der Waals surface area contributed by atoms with Crippen LogP contribution in [0.4, 0.5) is 0 Å². The van der Waals surface area contributed by atoms with Crippen molar-refractivity contribution < 1.29 is 0 Å². The molecule has 0 amide bonds. The van der Waals surface area contributed by atoms with Gasteiger partial charge in [-0.1, -0.05) is 76.4 Å². The van der Waals surface area contributed by atoms with Gasteiger partial charge in [-0.2, -0.15) is 0 Å². The first-order chi connectivity index (χ1) is 9.35. The molecule has 1 heteroatoms. The van der Waals surface area contributed by atoms with Crippen LogP contribution in [0, 0.1) is 0 Å². The number of benzene rings is 1. The summed E-state index contributed by atoms with van der Waals surface area (Å²) < 4.78 is 0. The molecular weight excluding hydrogens is 247 g/mol. The van der Waals surface area contributed by atoms with E-state index in [2.05, 4.69) is 20.8 Å². The van der Waals surface area contributed by atoms with Crippen LogP contribution >= 0.6 is 7.92 Å². The van der Waals surface area contributed by atoms with Crippen LogP contribution in [0.3, 0.4) is 0 Å². The van der Waals surface area contributed by atoms with Crippen LogP contribution in [-0.2, 0) is 0 Å². The van der Waals surface area contributed by atoms with Gasteiger partial charge in [-0.3, -0.25) is 0 Å². The fraction of sp³-hybridized carbons (Fsp3) is 0.667. The molecule has 0 fully saturated rings. The van der Waals surface area contributed by atoms with E-state index in [1.165, 1.54) is 38.5 Å². The van der Waals surface area contributed by atoms with Crippen LogP contribution in [0.1, 0.15) is 59.3 Å². The summed E-state index contributed by atoms with van der Waals surface area (Å²) >= 11 is 0. The van der Waals surface area contributed by atoms with Gasteiger partial charge in [0.15, 0.2) is 0 Å². The van der Waals surface area contributed by atoms with Gasteiger partial charge in [0.05, 0.1) is 0 Å². The Morgan fingerprint density at radius 3 is 1.00 bits per heavy atom. The van der Waals surface area contributed by atoms with Crippen LogP contribution in [0.2, 0.25) is 0 Å². The molecule has 110 valence electrons. The molecule has 1 aromatic rings. The van der Waals surface area contributed by atoms with E-state index in [-0.39, 0.29) is 0 Å². The van der Waals surface area contributed by atoms with Crippen molar-refractivity contribution >= 4 is 7.92 Å². The van der Waals surface area contributed by atoms with Crippen LogP contribution in [0.15, 0.2) is 36.4 Å². The van der Waals surface area contributed by atoms with Crippen LogP contribution in [0.25, 0.3) is 0 Å². The Labute approximate surface area is 122 Å². The van der Waals surface area contributed by atoms with E-state index in [0.717, 1.165) is 0 Å². The number of hydrogen-bond donors (Lipinski definition) is 0. The van der Waals surface area contributed by atoms with Gasteiger partial charge in [0.25, 0.3) is 0 Å². The minimum atomic E-state index is 0.422. The molecule has 0 N–H and O–H groups in total. The highest BCUT2D eigenvalue weighted by Gasteiger charge is 2.05. The first-order valence-corrected chi connectivity index (χ1v) is 9.97. The second kappa shape index (κ2) is 15.7. The summed E-state index contributed by atoms with van der Waals surface area (Å²) in [5, 5.41) is 0. The fourth-order valence-corrected chi connectivity index (χ4v) is 4.83. The van der Waals surface area contributed by atoms with Crippen LogP contribution in [-0.4, -0.2) is 18.5 Å². The maximum Gasteiger partial charge on any atom is -0.0326 e. The normalized spacial score (nSPS) is 10.1. The third kappa shape index (κ3) is 13.9. The largest absolute Gasteiger partial charge is 0.107 e. The van der Waals surface area contributed by atoms with Crippen molar-refractivity contribution in [3.05, 3.63) is 36.4 Å².